The molecule has 3 rings (SSSR count). The zero-order valence-corrected chi connectivity index (χ0v) is 16.8. The molecule has 0 atom stereocenters. The third kappa shape index (κ3) is 5.84. The quantitative estimate of drug-likeness (QED) is 0.577. The second-order valence-electron chi connectivity index (χ2n) is 6.12. The van der Waals surface area contributed by atoms with Crippen molar-refractivity contribution in [1.82, 2.24) is 0 Å². The Morgan fingerprint density at radius 1 is 1.04 bits per heavy atom. The molecule has 144 valence electrons. The van der Waals surface area contributed by atoms with E-state index in [0.717, 1.165) is 16.1 Å². The molecule has 2 aromatic carbocycles. The van der Waals surface area contributed by atoms with Crippen LogP contribution in [0.4, 0.5) is 11.4 Å². The largest absolute Gasteiger partial charge is 0.484 e. The van der Waals surface area contributed by atoms with Gasteiger partial charge in [-0.1, -0.05) is 17.7 Å². The molecular weight excluding hydrogens is 396 g/mol. The minimum absolute atomic E-state index is 0.0706. The van der Waals surface area contributed by atoms with Crippen LogP contribution >= 0.6 is 22.9 Å². The molecule has 0 bridgehead atoms. The molecule has 0 saturated carbocycles. The van der Waals surface area contributed by atoms with Crippen molar-refractivity contribution in [3.05, 3.63) is 75.4 Å². The zero-order valence-electron chi connectivity index (χ0n) is 15.2. The second kappa shape index (κ2) is 9.39. The van der Waals surface area contributed by atoms with E-state index in [4.69, 9.17) is 16.3 Å². The Hall–Kier alpha value is -2.83. The van der Waals surface area contributed by atoms with E-state index in [1.54, 1.807) is 53.8 Å². The lowest BCUT2D eigenvalue weighted by Gasteiger charge is -2.11. The van der Waals surface area contributed by atoms with E-state index in [-0.39, 0.29) is 18.4 Å². The lowest BCUT2D eigenvalue weighted by molar-refractivity contribution is -0.118. The van der Waals surface area contributed by atoms with Gasteiger partial charge in [0.1, 0.15) is 5.75 Å². The van der Waals surface area contributed by atoms with Crippen LogP contribution in [0.1, 0.15) is 10.4 Å². The van der Waals surface area contributed by atoms with Gasteiger partial charge in [0, 0.05) is 21.3 Å². The van der Waals surface area contributed by atoms with Crippen molar-refractivity contribution in [2.75, 3.05) is 17.2 Å². The molecule has 7 heteroatoms. The SMILES string of the molecule is Cc1cc(NC(=O)COc2ccc(Cl)cc2)ccc1NC(=O)Cc1cccs1. The van der Waals surface area contributed by atoms with E-state index in [1.807, 2.05) is 24.4 Å². The first kappa shape index (κ1) is 19.9. The Kier molecular flexibility index (Phi) is 6.68. The van der Waals surface area contributed by atoms with Crippen LogP contribution in [-0.4, -0.2) is 18.4 Å². The highest BCUT2D eigenvalue weighted by molar-refractivity contribution is 7.10. The number of rotatable bonds is 7. The highest BCUT2D eigenvalue weighted by Crippen LogP contribution is 2.21. The smallest absolute Gasteiger partial charge is 0.262 e. The molecule has 0 aliphatic carbocycles. The summed E-state index contributed by atoms with van der Waals surface area (Å²) in [5.41, 5.74) is 2.21. The van der Waals surface area contributed by atoms with Crippen LogP contribution in [0.25, 0.3) is 0 Å². The molecule has 0 spiro atoms. The number of halogens is 1. The normalized spacial score (nSPS) is 10.4. The third-order valence-corrected chi connectivity index (χ3v) is 5.01. The molecule has 2 amide bonds. The average molecular weight is 415 g/mol. The van der Waals surface area contributed by atoms with Gasteiger partial charge in [-0.25, -0.2) is 0 Å². The van der Waals surface area contributed by atoms with Gasteiger partial charge in [0.15, 0.2) is 6.61 Å². The summed E-state index contributed by atoms with van der Waals surface area (Å²) >= 11 is 7.37. The van der Waals surface area contributed by atoms with Crippen LogP contribution in [0.15, 0.2) is 60.0 Å². The second-order valence-corrected chi connectivity index (χ2v) is 7.59. The fourth-order valence-electron chi connectivity index (χ4n) is 2.52. The summed E-state index contributed by atoms with van der Waals surface area (Å²) in [7, 11) is 0. The molecule has 3 aromatic rings. The summed E-state index contributed by atoms with van der Waals surface area (Å²) in [6.45, 7) is 1.76. The van der Waals surface area contributed by atoms with Gasteiger partial charge in [-0.15, -0.1) is 11.3 Å². The Balaban J connectivity index is 1.52. The maximum absolute atomic E-state index is 12.1. The predicted octanol–water partition coefficient (Wildman–Crippen LogP) is 4.91. The molecule has 28 heavy (non-hydrogen) atoms. The van der Waals surface area contributed by atoms with Gasteiger partial charge in [-0.3, -0.25) is 9.59 Å². The fourth-order valence-corrected chi connectivity index (χ4v) is 3.35. The van der Waals surface area contributed by atoms with E-state index < -0.39 is 0 Å². The molecule has 0 unspecified atom stereocenters. The number of anilines is 2. The van der Waals surface area contributed by atoms with Gasteiger partial charge in [0.2, 0.25) is 5.91 Å². The van der Waals surface area contributed by atoms with Crippen molar-refractivity contribution in [3.8, 4) is 5.75 Å². The van der Waals surface area contributed by atoms with Crippen LogP contribution in [0.5, 0.6) is 5.75 Å². The molecule has 0 fully saturated rings. The Bertz CT molecular complexity index is 956. The van der Waals surface area contributed by atoms with Gasteiger partial charge in [0.25, 0.3) is 5.91 Å². The lowest BCUT2D eigenvalue weighted by Crippen LogP contribution is -2.20. The molecule has 1 aromatic heterocycles. The van der Waals surface area contributed by atoms with Gasteiger partial charge in [-0.2, -0.15) is 0 Å². The van der Waals surface area contributed by atoms with Crippen molar-refractivity contribution in [3.63, 3.8) is 0 Å². The maximum Gasteiger partial charge on any atom is 0.262 e. The van der Waals surface area contributed by atoms with Gasteiger partial charge in [-0.05, 0) is 66.4 Å². The number of aryl methyl sites for hydroxylation is 1. The van der Waals surface area contributed by atoms with Crippen molar-refractivity contribution in [1.29, 1.82) is 0 Å². The minimum Gasteiger partial charge on any atom is -0.484 e. The minimum atomic E-state index is -0.274. The number of benzene rings is 2. The summed E-state index contributed by atoms with van der Waals surface area (Å²) in [6.07, 6.45) is 0.345. The van der Waals surface area contributed by atoms with E-state index in [2.05, 4.69) is 10.6 Å². The van der Waals surface area contributed by atoms with Crippen LogP contribution < -0.4 is 15.4 Å². The van der Waals surface area contributed by atoms with Crippen LogP contribution in [0.3, 0.4) is 0 Å². The number of carbonyl (C=O) groups is 2. The van der Waals surface area contributed by atoms with E-state index in [0.29, 0.717) is 22.9 Å². The van der Waals surface area contributed by atoms with Crippen molar-refractivity contribution >= 4 is 46.1 Å². The first-order valence-corrected chi connectivity index (χ1v) is 9.86. The Morgan fingerprint density at radius 3 is 2.50 bits per heavy atom. The number of amides is 2. The molecule has 5 nitrogen and oxygen atoms in total. The molecule has 0 aliphatic rings. The number of nitrogens with one attached hydrogen (secondary N) is 2. The van der Waals surface area contributed by atoms with Crippen LogP contribution in [-0.2, 0) is 16.0 Å². The molecule has 0 saturated heterocycles. The highest BCUT2D eigenvalue weighted by atomic mass is 35.5. The maximum atomic E-state index is 12.1. The van der Waals surface area contributed by atoms with Crippen molar-refractivity contribution in [2.45, 2.75) is 13.3 Å². The first-order chi connectivity index (χ1) is 13.5. The monoisotopic (exact) mass is 414 g/mol. The number of hydrogen-bond acceptors (Lipinski definition) is 4. The summed E-state index contributed by atoms with van der Waals surface area (Å²) in [6, 6.07) is 16.0. The van der Waals surface area contributed by atoms with E-state index in [9.17, 15) is 9.59 Å². The number of thiophene rings is 1. The predicted molar refractivity (Wildman–Crippen MR) is 113 cm³/mol. The van der Waals surface area contributed by atoms with Crippen LogP contribution in [0.2, 0.25) is 5.02 Å². The van der Waals surface area contributed by atoms with Crippen molar-refractivity contribution in [2.24, 2.45) is 0 Å². The lowest BCUT2D eigenvalue weighted by atomic mass is 10.1. The number of ether oxygens (including phenoxy) is 1. The molecule has 1 heterocycles. The van der Waals surface area contributed by atoms with Crippen molar-refractivity contribution < 1.29 is 14.3 Å². The number of hydrogen-bond donors (Lipinski definition) is 2. The Morgan fingerprint density at radius 2 is 1.82 bits per heavy atom. The Labute approximate surface area is 172 Å². The highest BCUT2D eigenvalue weighted by Gasteiger charge is 2.09. The van der Waals surface area contributed by atoms with Gasteiger partial charge < -0.3 is 15.4 Å². The molecule has 2 N–H and O–H groups in total. The average Bonchev–Trinajstić information content (AvgIpc) is 3.16. The topological polar surface area (TPSA) is 67.4 Å². The molecule has 0 aliphatic heterocycles. The standard InChI is InChI=1S/C21H19ClN2O3S/c1-14-11-16(23-21(26)13-27-17-7-4-15(22)5-8-17)6-9-19(14)24-20(25)12-18-3-2-10-28-18/h2-11H,12-13H2,1H3,(H,23,26)(H,24,25). The number of carbonyl (C=O) groups excluding carboxylic acids is 2. The van der Waals surface area contributed by atoms with Gasteiger partial charge in [0.05, 0.1) is 6.42 Å². The third-order valence-electron chi connectivity index (χ3n) is 3.88. The first-order valence-electron chi connectivity index (χ1n) is 8.61. The van der Waals surface area contributed by atoms with E-state index >= 15 is 0 Å². The summed E-state index contributed by atoms with van der Waals surface area (Å²) in [5.74, 6) is 0.224. The molecule has 0 radical (unpaired) electrons. The zero-order chi connectivity index (χ0) is 19.9. The molecular formula is C21H19ClN2O3S. The fraction of sp³-hybridized carbons (Fsp3) is 0.143. The summed E-state index contributed by atoms with van der Waals surface area (Å²) < 4.78 is 5.42. The summed E-state index contributed by atoms with van der Waals surface area (Å²) in [4.78, 5) is 25.2. The summed E-state index contributed by atoms with van der Waals surface area (Å²) in [5, 5.41) is 8.23. The van der Waals surface area contributed by atoms with Crippen LogP contribution in [0, 0.1) is 6.92 Å². The van der Waals surface area contributed by atoms with E-state index in [1.165, 1.54) is 0 Å². The van der Waals surface area contributed by atoms with Gasteiger partial charge >= 0.3 is 0 Å².